The molecule has 2 aromatic heterocycles. The Balaban J connectivity index is 1.73. The van der Waals surface area contributed by atoms with Gasteiger partial charge < -0.3 is 14.6 Å². The van der Waals surface area contributed by atoms with Crippen LogP contribution in [0.3, 0.4) is 0 Å². The summed E-state index contributed by atoms with van der Waals surface area (Å²) in [5.74, 6) is 0.955. The van der Waals surface area contributed by atoms with Crippen LogP contribution in [-0.2, 0) is 17.1 Å². The quantitative estimate of drug-likeness (QED) is 0.701. The Morgan fingerprint density at radius 2 is 1.96 bits per heavy atom. The molecule has 0 amide bonds. The van der Waals surface area contributed by atoms with Crippen molar-refractivity contribution in [1.82, 2.24) is 14.5 Å². The number of imidazole rings is 1. The van der Waals surface area contributed by atoms with Crippen molar-refractivity contribution in [1.29, 1.82) is 0 Å². The van der Waals surface area contributed by atoms with Gasteiger partial charge in [0.05, 0.1) is 31.5 Å². The van der Waals surface area contributed by atoms with Crippen LogP contribution in [0.15, 0.2) is 60.1 Å². The number of nitrogens with zero attached hydrogens (tertiary/aromatic N) is 3. The highest BCUT2D eigenvalue weighted by molar-refractivity contribution is 7.92. The molecule has 130 valence electrons. The van der Waals surface area contributed by atoms with Gasteiger partial charge in [0, 0.05) is 18.8 Å². The van der Waals surface area contributed by atoms with Gasteiger partial charge in [0.25, 0.3) is 10.0 Å². The van der Waals surface area contributed by atoms with Crippen LogP contribution in [0.5, 0.6) is 5.75 Å². The van der Waals surface area contributed by atoms with Crippen molar-refractivity contribution in [2.45, 2.75) is 5.03 Å². The molecule has 0 fully saturated rings. The molecular weight excluding hydrogens is 342 g/mol. The number of anilines is 3. The fourth-order valence-corrected chi connectivity index (χ4v) is 3.32. The molecule has 9 heteroatoms. The second kappa shape index (κ2) is 6.81. The molecule has 0 spiro atoms. The molecule has 0 saturated carbocycles. The highest BCUT2D eigenvalue weighted by Gasteiger charge is 2.18. The van der Waals surface area contributed by atoms with Crippen molar-refractivity contribution in [3.8, 4) is 5.75 Å². The molecule has 2 N–H and O–H groups in total. The Kier molecular flexibility index (Phi) is 4.57. The van der Waals surface area contributed by atoms with E-state index in [-0.39, 0.29) is 10.8 Å². The largest absolute Gasteiger partial charge is 0.497 e. The van der Waals surface area contributed by atoms with Crippen LogP contribution in [0.25, 0.3) is 0 Å². The van der Waals surface area contributed by atoms with Crippen LogP contribution in [0.2, 0.25) is 0 Å². The van der Waals surface area contributed by atoms with Crippen LogP contribution in [0, 0.1) is 0 Å². The van der Waals surface area contributed by atoms with E-state index in [1.54, 1.807) is 32.5 Å². The number of rotatable bonds is 6. The van der Waals surface area contributed by atoms with Crippen molar-refractivity contribution < 1.29 is 13.2 Å². The predicted molar refractivity (Wildman–Crippen MR) is 94.5 cm³/mol. The lowest BCUT2D eigenvalue weighted by Gasteiger charge is -2.10. The fourth-order valence-electron chi connectivity index (χ4n) is 2.19. The van der Waals surface area contributed by atoms with Crippen LogP contribution in [0.1, 0.15) is 0 Å². The fraction of sp³-hybridized carbons (Fsp3) is 0.125. The number of methoxy groups -OCH3 is 1. The minimum atomic E-state index is -3.73. The van der Waals surface area contributed by atoms with Gasteiger partial charge >= 0.3 is 0 Å². The van der Waals surface area contributed by atoms with Crippen molar-refractivity contribution in [2.75, 3.05) is 17.1 Å². The van der Waals surface area contributed by atoms with Gasteiger partial charge in [0.2, 0.25) is 0 Å². The van der Waals surface area contributed by atoms with Crippen molar-refractivity contribution >= 4 is 27.2 Å². The summed E-state index contributed by atoms with van der Waals surface area (Å²) < 4.78 is 33.6. The third kappa shape index (κ3) is 3.89. The molecular formula is C16H17N5O3S. The number of aromatic nitrogens is 3. The third-order valence-electron chi connectivity index (χ3n) is 3.41. The average Bonchev–Trinajstić information content (AvgIpc) is 3.04. The van der Waals surface area contributed by atoms with Gasteiger partial charge in [-0.15, -0.1) is 0 Å². The lowest BCUT2D eigenvalue weighted by Crippen LogP contribution is -2.16. The molecule has 0 unspecified atom stereocenters. The smallest absolute Gasteiger partial charge is 0.280 e. The van der Waals surface area contributed by atoms with Crippen molar-refractivity contribution in [2.24, 2.45) is 7.05 Å². The first-order valence-corrected chi connectivity index (χ1v) is 8.82. The van der Waals surface area contributed by atoms with Crippen molar-refractivity contribution in [3.05, 3.63) is 55.1 Å². The average molecular weight is 359 g/mol. The lowest BCUT2D eigenvalue weighted by molar-refractivity contribution is 0.415. The maximum Gasteiger partial charge on any atom is 0.280 e. The summed E-state index contributed by atoms with van der Waals surface area (Å²) in [5, 5.41) is 3.23. The zero-order valence-electron chi connectivity index (χ0n) is 13.7. The number of ether oxygens (including phenoxy) is 1. The Hall–Kier alpha value is -3.07. The van der Waals surface area contributed by atoms with Crippen LogP contribution < -0.4 is 14.8 Å². The molecule has 3 rings (SSSR count). The Morgan fingerprint density at radius 1 is 1.12 bits per heavy atom. The summed E-state index contributed by atoms with van der Waals surface area (Å²) in [6.45, 7) is 0. The Labute approximate surface area is 145 Å². The Bertz CT molecular complexity index is 967. The van der Waals surface area contributed by atoms with Crippen LogP contribution in [-0.4, -0.2) is 30.1 Å². The normalized spacial score (nSPS) is 11.1. The van der Waals surface area contributed by atoms with Gasteiger partial charge in [-0.3, -0.25) is 4.72 Å². The number of aryl methyl sites for hydroxylation is 1. The first kappa shape index (κ1) is 16.8. The number of hydrogen-bond acceptors (Lipinski definition) is 6. The molecule has 0 atom stereocenters. The number of sulfonamides is 1. The summed E-state index contributed by atoms with van der Waals surface area (Å²) in [6, 6.07) is 10.8. The molecule has 0 saturated heterocycles. The molecule has 1 aromatic carbocycles. The van der Waals surface area contributed by atoms with Gasteiger partial charge in [-0.2, -0.15) is 8.42 Å². The summed E-state index contributed by atoms with van der Waals surface area (Å²) in [6.07, 6.45) is 4.24. The molecule has 0 aliphatic rings. The van der Waals surface area contributed by atoms with Gasteiger partial charge in [-0.1, -0.05) is 6.07 Å². The van der Waals surface area contributed by atoms with E-state index in [0.29, 0.717) is 0 Å². The molecule has 2 heterocycles. The second-order valence-corrected chi connectivity index (χ2v) is 6.87. The molecule has 0 aliphatic carbocycles. The van der Waals surface area contributed by atoms with Crippen LogP contribution >= 0.6 is 0 Å². The van der Waals surface area contributed by atoms with Gasteiger partial charge in [-0.05, 0) is 24.3 Å². The second-order valence-electron chi connectivity index (χ2n) is 5.24. The minimum Gasteiger partial charge on any atom is -0.497 e. The summed E-state index contributed by atoms with van der Waals surface area (Å²) in [5.41, 5.74) is 1.56. The summed E-state index contributed by atoms with van der Waals surface area (Å²) in [4.78, 5) is 7.94. The SMILES string of the molecule is COc1cccc(Nc2ccc(NS(=O)(=O)c3cncn3C)nc2)c1. The van der Waals surface area contributed by atoms with E-state index in [4.69, 9.17) is 4.74 Å². The van der Waals surface area contributed by atoms with E-state index in [1.807, 2.05) is 24.3 Å². The van der Waals surface area contributed by atoms with E-state index in [2.05, 4.69) is 20.0 Å². The summed E-state index contributed by atoms with van der Waals surface area (Å²) >= 11 is 0. The Morgan fingerprint density at radius 3 is 2.60 bits per heavy atom. The molecule has 0 aliphatic heterocycles. The molecule has 8 nitrogen and oxygen atoms in total. The van der Waals surface area contributed by atoms with E-state index < -0.39 is 10.0 Å². The first-order chi connectivity index (χ1) is 12.0. The van der Waals surface area contributed by atoms with Crippen molar-refractivity contribution in [3.63, 3.8) is 0 Å². The lowest BCUT2D eigenvalue weighted by atomic mass is 10.3. The van der Waals surface area contributed by atoms with Gasteiger partial charge in [0.1, 0.15) is 11.6 Å². The maximum absolute atomic E-state index is 12.3. The third-order valence-corrected chi connectivity index (χ3v) is 4.83. The van der Waals surface area contributed by atoms with Gasteiger partial charge in [-0.25, -0.2) is 9.97 Å². The number of benzene rings is 1. The zero-order chi connectivity index (χ0) is 17.9. The highest BCUT2D eigenvalue weighted by atomic mass is 32.2. The summed E-state index contributed by atoms with van der Waals surface area (Å²) in [7, 11) is -0.522. The standard InChI is InChI=1S/C16H17N5O3S/c1-21-11-17-10-16(21)25(22,23)20-15-7-6-13(9-18-15)19-12-4-3-5-14(8-12)24-2/h3-11,19H,1-2H3,(H,18,20). The van der Waals surface area contributed by atoms with E-state index in [9.17, 15) is 8.42 Å². The highest BCUT2D eigenvalue weighted by Crippen LogP contribution is 2.22. The number of hydrogen-bond donors (Lipinski definition) is 2. The van der Waals surface area contributed by atoms with E-state index >= 15 is 0 Å². The topological polar surface area (TPSA) is 98.1 Å². The molecule has 25 heavy (non-hydrogen) atoms. The minimum absolute atomic E-state index is 0.0629. The molecule has 3 aromatic rings. The maximum atomic E-state index is 12.3. The molecule has 0 bridgehead atoms. The first-order valence-electron chi connectivity index (χ1n) is 7.34. The molecule has 0 radical (unpaired) electrons. The van der Waals surface area contributed by atoms with Crippen LogP contribution in [0.4, 0.5) is 17.2 Å². The monoisotopic (exact) mass is 359 g/mol. The van der Waals surface area contributed by atoms with E-state index in [1.165, 1.54) is 17.1 Å². The zero-order valence-corrected chi connectivity index (χ0v) is 14.5. The number of nitrogens with one attached hydrogen (secondary N) is 2. The van der Waals surface area contributed by atoms with E-state index in [0.717, 1.165) is 17.1 Å². The number of pyridine rings is 1. The van der Waals surface area contributed by atoms with Gasteiger partial charge in [0.15, 0.2) is 5.03 Å². The predicted octanol–water partition coefficient (Wildman–Crippen LogP) is 2.37.